The van der Waals surface area contributed by atoms with E-state index < -0.39 is 11.7 Å². The first-order valence-electron chi connectivity index (χ1n) is 8.04. The number of benzene rings is 3. The van der Waals surface area contributed by atoms with Crippen molar-refractivity contribution in [2.75, 3.05) is 5.32 Å². The van der Waals surface area contributed by atoms with Gasteiger partial charge in [-0.3, -0.25) is 4.79 Å². The number of anilines is 1. The van der Waals surface area contributed by atoms with Crippen LogP contribution in [0.2, 0.25) is 5.02 Å². The van der Waals surface area contributed by atoms with Crippen LogP contribution in [0.25, 0.3) is 0 Å². The zero-order chi connectivity index (χ0) is 18.7. The molecule has 1 amide bonds. The smallest absolute Gasteiger partial charge is 0.260 e. The summed E-state index contributed by atoms with van der Waals surface area (Å²) in [7, 11) is 0. The Balaban J connectivity index is 1.74. The molecule has 5 heteroatoms. The highest BCUT2D eigenvalue weighted by molar-refractivity contribution is 7.99. The predicted molar refractivity (Wildman–Crippen MR) is 106 cm³/mol. The Kier molecular flexibility index (Phi) is 5.64. The van der Waals surface area contributed by atoms with Crippen LogP contribution in [-0.4, -0.2) is 5.91 Å². The van der Waals surface area contributed by atoms with Crippen LogP contribution in [0.5, 0.6) is 0 Å². The molecule has 0 spiro atoms. The maximum Gasteiger partial charge on any atom is 0.260 e. The molecule has 0 bridgehead atoms. The van der Waals surface area contributed by atoms with Crippen molar-refractivity contribution in [1.82, 2.24) is 0 Å². The molecule has 0 aliphatic carbocycles. The second kappa shape index (κ2) is 7.94. The van der Waals surface area contributed by atoms with Crippen molar-refractivity contribution >= 4 is 35.0 Å². The Bertz CT molecular complexity index is 936. The molecule has 132 valence electrons. The molecule has 0 aliphatic rings. The van der Waals surface area contributed by atoms with E-state index in [0.717, 1.165) is 4.90 Å². The monoisotopic (exact) mass is 385 g/mol. The molecule has 0 aromatic heterocycles. The lowest BCUT2D eigenvalue weighted by atomic mass is 10.2. The second-order valence-electron chi connectivity index (χ2n) is 5.95. The lowest BCUT2D eigenvalue weighted by molar-refractivity contribution is 0.102. The van der Waals surface area contributed by atoms with E-state index in [1.807, 2.05) is 12.1 Å². The molecule has 0 saturated heterocycles. The van der Waals surface area contributed by atoms with Crippen molar-refractivity contribution in [2.24, 2.45) is 0 Å². The molecule has 1 N–H and O–H groups in total. The Hall–Kier alpha value is -2.30. The fourth-order valence-corrected chi connectivity index (χ4v) is 3.71. The van der Waals surface area contributed by atoms with Gasteiger partial charge in [0.05, 0.1) is 10.6 Å². The molecule has 2 nitrogen and oxygen atoms in total. The van der Waals surface area contributed by atoms with Gasteiger partial charge in [-0.1, -0.05) is 41.6 Å². The van der Waals surface area contributed by atoms with Gasteiger partial charge in [0, 0.05) is 15.5 Å². The molecule has 0 fully saturated rings. The van der Waals surface area contributed by atoms with Crippen LogP contribution in [0.3, 0.4) is 0 Å². The maximum atomic E-state index is 13.8. The average molecular weight is 386 g/mol. The third-order valence-corrected chi connectivity index (χ3v) is 5.36. The van der Waals surface area contributed by atoms with E-state index in [0.29, 0.717) is 5.69 Å². The van der Waals surface area contributed by atoms with Gasteiger partial charge in [0.2, 0.25) is 0 Å². The fourth-order valence-electron chi connectivity index (χ4n) is 2.46. The minimum atomic E-state index is -0.642. The number of carbonyl (C=O) groups is 1. The van der Waals surface area contributed by atoms with Crippen LogP contribution < -0.4 is 5.32 Å². The topological polar surface area (TPSA) is 29.1 Å². The van der Waals surface area contributed by atoms with Crippen molar-refractivity contribution in [3.05, 3.63) is 88.2 Å². The number of halogens is 2. The van der Waals surface area contributed by atoms with Crippen LogP contribution in [0.4, 0.5) is 10.1 Å². The molecule has 0 aliphatic heterocycles. The molecule has 3 rings (SSSR count). The Labute approximate surface area is 161 Å². The van der Waals surface area contributed by atoms with E-state index in [1.54, 1.807) is 23.9 Å². The number of carbonyl (C=O) groups excluding carboxylic acids is 1. The molecule has 0 atom stereocenters. The molecule has 0 unspecified atom stereocenters. The van der Waals surface area contributed by atoms with Gasteiger partial charge < -0.3 is 5.32 Å². The highest BCUT2D eigenvalue weighted by Crippen LogP contribution is 2.31. The van der Waals surface area contributed by atoms with Gasteiger partial charge in [0.25, 0.3) is 5.91 Å². The third-order valence-electron chi connectivity index (χ3n) is 3.87. The summed E-state index contributed by atoms with van der Waals surface area (Å²) in [5.74, 6) is -1.21. The Morgan fingerprint density at radius 1 is 1.04 bits per heavy atom. The summed E-state index contributed by atoms with van der Waals surface area (Å²) in [6, 6.07) is 17.9. The number of nitrogens with one attached hydrogen (secondary N) is 1. The molecular formula is C21H17ClFNOS. The van der Waals surface area contributed by atoms with Crippen LogP contribution >= 0.6 is 23.4 Å². The van der Waals surface area contributed by atoms with Gasteiger partial charge in [-0.15, -0.1) is 0 Å². The van der Waals surface area contributed by atoms with Crippen molar-refractivity contribution in [2.45, 2.75) is 23.6 Å². The minimum Gasteiger partial charge on any atom is -0.322 e. The molecule has 3 aromatic rings. The predicted octanol–water partition coefficient (Wildman–Crippen LogP) is 6.50. The van der Waals surface area contributed by atoms with Crippen molar-refractivity contribution in [1.29, 1.82) is 0 Å². The molecule has 0 saturated carbocycles. The largest absolute Gasteiger partial charge is 0.322 e. The van der Waals surface area contributed by atoms with Crippen LogP contribution in [0.15, 0.2) is 70.5 Å². The number of hydrogen-bond donors (Lipinski definition) is 1. The standard InChI is InChI=1S/C21H17ClFNOS/c1-13-6-7-14(2)19(12-13)26-16-10-8-15(9-11-16)24-21(25)20-17(22)4-3-5-18(20)23/h3-12H,1-2H3,(H,24,25). The first-order valence-corrected chi connectivity index (χ1v) is 9.24. The van der Waals surface area contributed by atoms with Crippen molar-refractivity contribution in [3.8, 4) is 0 Å². The number of hydrogen-bond acceptors (Lipinski definition) is 2. The first kappa shape index (κ1) is 18.5. The highest BCUT2D eigenvalue weighted by atomic mass is 35.5. The van der Waals surface area contributed by atoms with Gasteiger partial charge in [0.1, 0.15) is 5.82 Å². The van der Waals surface area contributed by atoms with Gasteiger partial charge >= 0.3 is 0 Å². The third kappa shape index (κ3) is 4.26. The Morgan fingerprint density at radius 2 is 1.77 bits per heavy atom. The second-order valence-corrected chi connectivity index (χ2v) is 7.47. The van der Waals surface area contributed by atoms with E-state index in [1.165, 1.54) is 34.2 Å². The van der Waals surface area contributed by atoms with Crippen LogP contribution in [0, 0.1) is 19.7 Å². The SMILES string of the molecule is Cc1ccc(C)c(Sc2ccc(NC(=O)c3c(F)cccc3Cl)cc2)c1. The molecule has 26 heavy (non-hydrogen) atoms. The number of rotatable bonds is 4. The van der Waals surface area contributed by atoms with Crippen molar-refractivity contribution < 1.29 is 9.18 Å². The number of amides is 1. The summed E-state index contributed by atoms with van der Waals surface area (Å²) < 4.78 is 13.8. The van der Waals surface area contributed by atoms with E-state index in [4.69, 9.17) is 11.6 Å². The normalized spacial score (nSPS) is 10.6. The van der Waals surface area contributed by atoms with Gasteiger partial charge in [-0.25, -0.2) is 4.39 Å². The zero-order valence-electron chi connectivity index (χ0n) is 14.3. The van der Waals surface area contributed by atoms with E-state index in [-0.39, 0.29) is 10.6 Å². The number of aryl methyl sites for hydroxylation is 2. The van der Waals surface area contributed by atoms with Crippen LogP contribution in [-0.2, 0) is 0 Å². The lowest BCUT2D eigenvalue weighted by Gasteiger charge is -2.10. The van der Waals surface area contributed by atoms with Gasteiger partial charge in [-0.05, 0) is 67.4 Å². The first-order chi connectivity index (χ1) is 12.4. The average Bonchev–Trinajstić information content (AvgIpc) is 2.60. The van der Waals surface area contributed by atoms with E-state index in [2.05, 4.69) is 37.4 Å². The fraction of sp³-hybridized carbons (Fsp3) is 0.0952. The maximum absolute atomic E-state index is 13.8. The van der Waals surface area contributed by atoms with E-state index in [9.17, 15) is 9.18 Å². The highest BCUT2D eigenvalue weighted by Gasteiger charge is 2.15. The molecule has 0 heterocycles. The van der Waals surface area contributed by atoms with Gasteiger partial charge in [-0.2, -0.15) is 0 Å². The molecule has 0 radical (unpaired) electrons. The molecule has 3 aromatic carbocycles. The quantitative estimate of drug-likeness (QED) is 0.555. The summed E-state index contributed by atoms with van der Waals surface area (Å²) in [4.78, 5) is 14.5. The van der Waals surface area contributed by atoms with Gasteiger partial charge in [0.15, 0.2) is 0 Å². The molecular weight excluding hydrogens is 369 g/mol. The lowest BCUT2D eigenvalue weighted by Crippen LogP contribution is -2.14. The minimum absolute atomic E-state index is 0.0876. The summed E-state index contributed by atoms with van der Waals surface area (Å²) in [5, 5.41) is 2.77. The Morgan fingerprint density at radius 3 is 2.46 bits per heavy atom. The van der Waals surface area contributed by atoms with Crippen LogP contribution in [0.1, 0.15) is 21.5 Å². The summed E-state index contributed by atoms with van der Waals surface area (Å²) >= 11 is 7.59. The van der Waals surface area contributed by atoms with E-state index >= 15 is 0 Å². The summed E-state index contributed by atoms with van der Waals surface area (Å²) in [6.45, 7) is 4.14. The summed E-state index contributed by atoms with van der Waals surface area (Å²) in [6.07, 6.45) is 0. The zero-order valence-corrected chi connectivity index (χ0v) is 15.9. The summed E-state index contributed by atoms with van der Waals surface area (Å²) in [5.41, 5.74) is 2.86. The van der Waals surface area contributed by atoms with Crippen molar-refractivity contribution in [3.63, 3.8) is 0 Å².